The van der Waals surface area contributed by atoms with Gasteiger partial charge in [0.2, 0.25) is 5.91 Å². The van der Waals surface area contributed by atoms with Crippen LogP contribution in [0.5, 0.6) is 0 Å². The zero-order chi connectivity index (χ0) is 24.7. The summed E-state index contributed by atoms with van der Waals surface area (Å²) in [5.74, 6) is -0.440. The summed E-state index contributed by atoms with van der Waals surface area (Å²) in [5.41, 5.74) is 1.03. The Morgan fingerprint density at radius 3 is 2.21 bits per heavy atom. The smallest absolute Gasteiger partial charge is 0.279 e. The minimum atomic E-state index is -4.62. The number of hydrogen-bond acceptors (Lipinski definition) is 3. The second-order valence-electron chi connectivity index (χ2n) is 7.74. The molecule has 0 unspecified atom stereocenters. The van der Waals surface area contributed by atoms with Crippen molar-refractivity contribution in [1.82, 2.24) is 4.57 Å². The van der Waals surface area contributed by atoms with Crippen molar-refractivity contribution < 1.29 is 26.4 Å². The molecule has 3 aromatic carbocycles. The molecule has 0 atom stereocenters. The number of nitrogens with zero attached hydrogens (tertiary/aromatic N) is 2. The van der Waals surface area contributed by atoms with E-state index in [9.17, 15) is 26.4 Å². The van der Waals surface area contributed by atoms with Gasteiger partial charge in [0.25, 0.3) is 10.0 Å². The van der Waals surface area contributed by atoms with Gasteiger partial charge in [-0.05, 0) is 42.8 Å². The molecule has 0 radical (unpaired) electrons. The fourth-order valence-electron chi connectivity index (χ4n) is 3.72. The number of aromatic nitrogens is 1. The van der Waals surface area contributed by atoms with Gasteiger partial charge < -0.3 is 0 Å². The fourth-order valence-corrected chi connectivity index (χ4v) is 4.57. The summed E-state index contributed by atoms with van der Waals surface area (Å²) >= 11 is 0. The average molecular weight is 484 g/mol. The van der Waals surface area contributed by atoms with Crippen LogP contribution in [-0.2, 0) is 16.2 Å². The lowest BCUT2D eigenvalue weighted by Crippen LogP contribution is -2.08. The molecule has 0 saturated carbocycles. The van der Waals surface area contributed by atoms with E-state index in [4.69, 9.17) is 0 Å². The Balaban J connectivity index is 2.02. The first kappa shape index (κ1) is 23.4. The van der Waals surface area contributed by atoms with E-state index >= 15 is 0 Å². The predicted molar refractivity (Wildman–Crippen MR) is 125 cm³/mol. The van der Waals surface area contributed by atoms with Crippen LogP contribution in [0.25, 0.3) is 22.2 Å². The summed E-state index contributed by atoms with van der Waals surface area (Å²) in [6.45, 7) is 3.09. The van der Waals surface area contributed by atoms with Crippen LogP contribution in [0.4, 0.5) is 13.2 Å². The predicted octanol–water partition coefficient (Wildman–Crippen LogP) is 6.10. The molecule has 1 heterocycles. The van der Waals surface area contributed by atoms with E-state index < -0.39 is 27.7 Å². The Hall–Kier alpha value is -3.72. The standard InChI is InChI=1S/C25H19F3N2O3S/c1-16-8-11-20(12-9-16)34(32,33)29-15-22-21-14-19(25(26,27)28)10-13-23(21)30(17(2)31)24(22)18-6-4-3-5-7-18/h3-15H,1-2H3/b29-15+. The van der Waals surface area contributed by atoms with Crippen molar-refractivity contribution in [2.75, 3.05) is 0 Å². The number of sulfonamides is 1. The topological polar surface area (TPSA) is 68.5 Å². The summed E-state index contributed by atoms with van der Waals surface area (Å²) in [6, 6.07) is 17.6. The van der Waals surface area contributed by atoms with Gasteiger partial charge in [-0.3, -0.25) is 9.36 Å². The van der Waals surface area contributed by atoms with Crippen LogP contribution in [0.2, 0.25) is 0 Å². The summed E-state index contributed by atoms with van der Waals surface area (Å²) in [4.78, 5) is 12.5. The maximum atomic E-state index is 13.5. The van der Waals surface area contributed by atoms with Crippen molar-refractivity contribution in [1.29, 1.82) is 0 Å². The minimum Gasteiger partial charge on any atom is -0.279 e. The van der Waals surface area contributed by atoms with E-state index in [1.807, 2.05) is 0 Å². The van der Waals surface area contributed by atoms with Crippen molar-refractivity contribution in [3.05, 3.63) is 89.5 Å². The Morgan fingerprint density at radius 2 is 1.62 bits per heavy atom. The fraction of sp³-hybridized carbons (Fsp3) is 0.120. The second-order valence-corrected chi connectivity index (χ2v) is 9.37. The largest absolute Gasteiger partial charge is 0.416 e. The van der Waals surface area contributed by atoms with Gasteiger partial charge in [0.05, 0.1) is 27.9 Å². The average Bonchev–Trinajstić information content (AvgIpc) is 3.12. The van der Waals surface area contributed by atoms with E-state index in [1.54, 1.807) is 49.4 Å². The van der Waals surface area contributed by atoms with Gasteiger partial charge in [-0.2, -0.15) is 26.0 Å². The van der Waals surface area contributed by atoms with Crippen LogP contribution in [0.3, 0.4) is 0 Å². The molecule has 1 aromatic heterocycles. The van der Waals surface area contributed by atoms with Gasteiger partial charge in [0.1, 0.15) is 0 Å². The first-order chi connectivity index (χ1) is 16.0. The van der Waals surface area contributed by atoms with Gasteiger partial charge >= 0.3 is 6.18 Å². The number of halogens is 3. The van der Waals surface area contributed by atoms with Crippen molar-refractivity contribution >= 4 is 33.0 Å². The lowest BCUT2D eigenvalue weighted by atomic mass is 10.0. The Labute approximate surface area is 194 Å². The van der Waals surface area contributed by atoms with Crippen LogP contribution in [0.1, 0.15) is 28.4 Å². The molecular formula is C25H19F3N2O3S. The van der Waals surface area contributed by atoms with Crippen LogP contribution in [0.15, 0.2) is 82.1 Å². The number of carbonyl (C=O) groups is 1. The monoisotopic (exact) mass is 484 g/mol. The molecule has 174 valence electrons. The summed E-state index contributed by atoms with van der Waals surface area (Å²) < 4.78 is 71.1. The van der Waals surface area contributed by atoms with Crippen LogP contribution >= 0.6 is 0 Å². The molecule has 0 saturated heterocycles. The highest BCUT2D eigenvalue weighted by molar-refractivity contribution is 7.90. The SMILES string of the molecule is CC(=O)n1c(-c2ccccc2)c(/C=N/S(=O)(=O)c2ccc(C)cc2)c2cc(C(F)(F)F)ccc21. The van der Waals surface area contributed by atoms with Crippen molar-refractivity contribution in [2.24, 2.45) is 4.40 Å². The molecule has 0 bridgehead atoms. The molecular weight excluding hydrogens is 465 g/mol. The van der Waals surface area contributed by atoms with Gasteiger partial charge in [0, 0.05) is 17.9 Å². The van der Waals surface area contributed by atoms with Crippen molar-refractivity contribution in [2.45, 2.75) is 24.9 Å². The quantitative estimate of drug-likeness (QED) is 0.329. The van der Waals surface area contributed by atoms with Gasteiger partial charge in [0.15, 0.2) is 0 Å². The van der Waals surface area contributed by atoms with Crippen LogP contribution < -0.4 is 0 Å². The lowest BCUT2D eigenvalue weighted by molar-refractivity contribution is -0.137. The summed E-state index contributed by atoms with van der Waals surface area (Å²) in [7, 11) is -4.14. The highest BCUT2D eigenvalue weighted by Gasteiger charge is 2.32. The number of aryl methyl sites for hydroxylation is 1. The minimum absolute atomic E-state index is 0.0538. The van der Waals surface area contributed by atoms with Gasteiger partial charge in [-0.15, -0.1) is 0 Å². The molecule has 9 heteroatoms. The molecule has 0 aliphatic rings. The first-order valence-corrected chi connectivity index (χ1v) is 11.6. The number of rotatable bonds is 4. The molecule has 0 aliphatic heterocycles. The van der Waals surface area contributed by atoms with Crippen molar-refractivity contribution in [3.63, 3.8) is 0 Å². The Kier molecular flexibility index (Phi) is 5.91. The molecule has 4 rings (SSSR count). The lowest BCUT2D eigenvalue weighted by Gasteiger charge is -2.08. The molecule has 0 amide bonds. The Bertz CT molecular complexity index is 1520. The molecule has 0 N–H and O–H groups in total. The number of carbonyl (C=O) groups excluding carboxylic acids is 1. The van der Waals surface area contributed by atoms with E-state index in [-0.39, 0.29) is 27.1 Å². The maximum Gasteiger partial charge on any atom is 0.416 e. The van der Waals surface area contributed by atoms with Crippen LogP contribution in [0, 0.1) is 6.92 Å². The molecule has 0 fully saturated rings. The first-order valence-electron chi connectivity index (χ1n) is 10.2. The second kappa shape index (κ2) is 8.57. The van der Waals surface area contributed by atoms with E-state index in [1.165, 1.54) is 29.7 Å². The normalized spacial score (nSPS) is 12.5. The van der Waals surface area contributed by atoms with E-state index in [2.05, 4.69) is 4.40 Å². The Morgan fingerprint density at radius 1 is 0.971 bits per heavy atom. The molecule has 0 aliphatic carbocycles. The number of benzene rings is 3. The maximum absolute atomic E-state index is 13.5. The summed E-state index contributed by atoms with van der Waals surface area (Å²) in [5, 5.41) is 0.0618. The van der Waals surface area contributed by atoms with Crippen LogP contribution in [-0.4, -0.2) is 25.1 Å². The summed E-state index contributed by atoms with van der Waals surface area (Å²) in [6.07, 6.45) is -3.61. The number of fused-ring (bicyclic) bond motifs is 1. The van der Waals surface area contributed by atoms with E-state index in [0.717, 1.165) is 23.9 Å². The van der Waals surface area contributed by atoms with Crippen molar-refractivity contribution in [3.8, 4) is 11.3 Å². The highest BCUT2D eigenvalue weighted by atomic mass is 32.2. The third-order valence-electron chi connectivity index (χ3n) is 5.34. The van der Waals surface area contributed by atoms with E-state index in [0.29, 0.717) is 5.56 Å². The number of hydrogen-bond donors (Lipinski definition) is 0. The molecule has 0 spiro atoms. The zero-order valence-electron chi connectivity index (χ0n) is 18.2. The third kappa shape index (κ3) is 4.38. The third-order valence-corrected chi connectivity index (χ3v) is 6.59. The van der Waals surface area contributed by atoms with Gasteiger partial charge in [-0.25, -0.2) is 0 Å². The molecule has 34 heavy (non-hydrogen) atoms. The van der Waals surface area contributed by atoms with Gasteiger partial charge in [-0.1, -0.05) is 48.0 Å². The molecule has 5 nitrogen and oxygen atoms in total. The number of alkyl halides is 3. The molecule has 4 aromatic rings. The zero-order valence-corrected chi connectivity index (χ0v) is 19.0. The highest BCUT2D eigenvalue weighted by Crippen LogP contribution is 2.37.